The Hall–Kier alpha value is -2.87. The van der Waals surface area contributed by atoms with Crippen molar-refractivity contribution in [3.63, 3.8) is 0 Å². The van der Waals surface area contributed by atoms with Crippen LogP contribution in [0.1, 0.15) is 36.9 Å². The molecule has 0 spiro atoms. The number of methoxy groups -OCH3 is 1. The summed E-state index contributed by atoms with van der Waals surface area (Å²) in [5, 5.41) is 15.4. The molecule has 29 heavy (non-hydrogen) atoms. The smallest absolute Gasteiger partial charge is 0.233 e. The normalized spacial score (nSPS) is 16.7. The Labute approximate surface area is 173 Å². The predicted octanol–water partition coefficient (Wildman–Crippen LogP) is 3.35. The lowest BCUT2D eigenvalue weighted by atomic mass is 9.88. The molecule has 0 saturated carbocycles. The van der Waals surface area contributed by atoms with E-state index in [1.54, 1.807) is 11.8 Å². The van der Waals surface area contributed by atoms with E-state index in [0.29, 0.717) is 5.16 Å². The highest BCUT2D eigenvalue weighted by molar-refractivity contribution is 8.00. The number of fused-ring (bicyclic) bond motifs is 1. The molecule has 1 aromatic heterocycles. The second-order valence-electron chi connectivity index (χ2n) is 6.98. The second-order valence-corrected chi connectivity index (χ2v) is 8.29. The van der Waals surface area contributed by atoms with Crippen molar-refractivity contribution >= 4 is 17.7 Å². The summed E-state index contributed by atoms with van der Waals surface area (Å²) in [5.41, 5.74) is 3.37. The molecule has 0 unspecified atom stereocenters. The number of aryl methyl sites for hydroxylation is 1. The maximum atomic E-state index is 12.9. The molecule has 1 heterocycles. The van der Waals surface area contributed by atoms with Crippen molar-refractivity contribution in [3.05, 3.63) is 59.7 Å². The van der Waals surface area contributed by atoms with Crippen molar-refractivity contribution in [2.45, 2.75) is 42.6 Å². The van der Waals surface area contributed by atoms with Gasteiger partial charge in [-0.3, -0.25) is 4.79 Å². The number of amides is 1. The minimum Gasteiger partial charge on any atom is -0.497 e. The molecule has 0 radical (unpaired) electrons. The zero-order chi connectivity index (χ0) is 20.2. The summed E-state index contributed by atoms with van der Waals surface area (Å²) in [7, 11) is 1.62. The highest BCUT2D eigenvalue weighted by Gasteiger charge is 2.25. The molecule has 1 N–H and O–H groups in total. The summed E-state index contributed by atoms with van der Waals surface area (Å²) < 4.78 is 6.82. The lowest BCUT2D eigenvalue weighted by Crippen LogP contribution is -2.36. The van der Waals surface area contributed by atoms with Crippen LogP contribution in [-0.2, 0) is 11.2 Å². The predicted molar refractivity (Wildman–Crippen MR) is 111 cm³/mol. The first-order valence-electron chi connectivity index (χ1n) is 9.63. The fraction of sp³-hybridized carbons (Fsp3) is 0.333. The van der Waals surface area contributed by atoms with Gasteiger partial charge in [0, 0.05) is 0 Å². The molecule has 0 bridgehead atoms. The van der Waals surface area contributed by atoms with E-state index in [0.717, 1.165) is 30.7 Å². The number of nitrogens with one attached hydrogen (secondary N) is 1. The Morgan fingerprint density at radius 1 is 1.24 bits per heavy atom. The van der Waals surface area contributed by atoms with Gasteiger partial charge in [-0.1, -0.05) is 36.0 Å². The number of carbonyl (C=O) groups excluding carboxylic acids is 1. The highest BCUT2D eigenvalue weighted by Crippen LogP contribution is 2.30. The Balaban J connectivity index is 1.44. The molecular formula is C21H23N5O2S. The van der Waals surface area contributed by atoms with E-state index in [1.165, 1.54) is 22.9 Å². The van der Waals surface area contributed by atoms with Crippen LogP contribution in [0.4, 0.5) is 0 Å². The number of ether oxygens (including phenoxy) is 1. The van der Waals surface area contributed by atoms with Crippen LogP contribution < -0.4 is 10.1 Å². The first-order chi connectivity index (χ1) is 14.2. The van der Waals surface area contributed by atoms with E-state index < -0.39 is 0 Å². The van der Waals surface area contributed by atoms with Crippen molar-refractivity contribution in [2.24, 2.45) is 0 Å². The van der Waals surface area contributed by atoms with Gasteiger partial charge in [0.15, 0.2) is 0 Å². The van der Waals surface area contributed by atoms with E-state index in [4.69, 9.17) is 4.74 Å². The molecule has 2 aromatic carbocycles. The van der Waals surface area contributed by atoms with Gasteiger partial charge in [0.05, 0.1) is 24.1 Å². The van der Waals surface area contributed by atoms with E-state index in [1.807, 2.05) is 37.3 Å². The van der Waals surface area contributed by atoms with Crippen LogP contribution in [0, 0.1) is 0 Å². The average Bonchev–Trinajstić information content (AvgIpc) is 3.22. The summed E-state index contributed by atoms with van der Waals surface area (Å²) >= 11 is 1.34. The van der Waals surface area contributed by atoms with Gasteiger partial charge in [-0.2, -0.15) is 4.68 Å². The lowest BCUT2D eigenvalue weighted by molar-refractivity contribution is -0.121. The Morgan fingerprint density at radius 3 is 2.83 bits per heavy atom. The van der Waals surface area contributed by atoms with Crippen molar-refractivity contribution in [3.8, 4) is 11.4 Å². The van der Waals surface area contributed by atoms with Gasteiger partial charge in [0.2, 0.25) is 11.1 Å². The average molecular weight is 410 g/mol. The number of carbonyl (C=O) groups is 1. The summed E-state index contributed by atoms with van der Waals surface area (Å²) in [6, 6.07) is 15.9. The quantitative estimate of drug-likeness (QED) is 0.629. The van der Waals surface area contributed by atoms with Gasteiger partial charge in [0.1, 0.15) is 5.75 Å². The number of tetrazole rings is 1. The van der Waals surface area contributed by atoms with Crippen LogP contribution in [0.15, 0.2) is 53.7 Å². The second kappa shape index (κ2) is 8.65. The monoisotopic (exact) mass is 409 g/mol. The molecule has 0 fully saturated rings. The summed E-state index contributed by atoms with van der Waals surface area (Å²) in [4.78, 5) is 12.9. The largest absolute Gasteiger partial charge is 0.497 e. The Bertz CT molecular complexity index is 989. The molecule has 0 aliphatic heterocycles. The van der Waals surface area contributed by atoms with Gasteiger partial charge in [-0.15, -0.1) is 5.10 Å². The molecule has 8 heteroatoms. The molecule has 1 aliphatic carbocycles. The van der Waals surface area contributed by atoms with Crippen LogP contribution in [0.25, 0.3) is 5.69 Å². The minimum absolute atomic E-state index is 0.0130. The number of rotatable bonds is 6. The minimum atomic E-state index is -0.327. The third kappa shape index (κ3) is 4.27. The maximum Gasteiger partial charge on any atom is 0.233 e. The highest BCUT2D eigenvalue weighted by atomic mass is 32.2. The van der Waals surface area contributed by atoms with Crippen LogP contribution >= 0.6 is 11.8 Å². The third-order valence-electron chi connectivity index (χ3n) is 5.10. The van der Waals surface area contributed by atoms with E-state index >= 15 is 0 Å². The van der Waals surface area contributed by atoms with Gasteiger partial charge in [-0.25, -0.2) is 0 Å². The summed E-state index contributed by atoms with van der Waals surface area (Å²) in [6.07, 6.45) is 3.12. The Morgan fingerprint density at radius 2 is 2.03 bits per heavy atom. The van der Waals surface area contributed by atoms with Gasteiger partial charge >= 0.3 is 0 Å². The lowest BCUT2D eigenvalue weighted by Gasteiger charge is -2.27. The van der Waals surface area contributed by atoms with Crippen LogP contribution in [0.2, 0.25) is 0 Å². The Kier molecular flexibility index (Phi) is 5.80. The van der Waals surface area contributed by atoms with Crippen molar-refractivity contribution < 1.29 is 9.53 Å². The van der Waals surface area contributed by atoms with E-state index in [2.05, 4.69) is 39.0 Å². The SMILES string of the molecule is COc1ccc(-n2nnnc2S[C@@H](C)C(=O)N[C@@H]2CCCc3ccccc32)cc1. The zero-order valence-corrected chi connectivity index (χ0v) is 17.2. The molecule has 0 saturated heterocycles. The standard InChI is InChI=1S/C21H23N5O2S/c1-14(20(27)22-19-9-5-7-15-6-3-4-8-18(15)19)29-21-23-24-25-26(21)16-10-12-17(28-2)13-11-16/h3-4,6,8,10-14,19H,5,7,9H2,1-2H3,(H,22,27)/t14-,19+/m0/s1. The fourth-order valence-electron chi connectivity index (χ4n) is 3.54. The summed E-state index contributed by atoms with van der Waals surface area (Å²) in [6.45, 7) is 1.88. The number of aromatic nitrogens is 4. The van der Waals surface area contributed by atoms with Crippen molar-refractivity contribution in [2.75, 3.05) is 7.11 Å². The first-order valence-corrected chi connectivity index (χ1v) is 10.5. The van der Waals surface area contributed by atoms with Gasteiger partial charge < -0.3 is 10.1 Å². The molecule has 3 aromatic rings. The number of thioether (sulfide) groups is 1. The number of hydrogen-bond donors (Lipinski definition) is 1. The molecule has 4 rings (SSSR count). The number of benzene rings is 2. The topological polar surface area (TPSA) is 81.9 Å². The number of hydrogen-bond acceptors (Lipinski definition) is 6. The molecule has 1 amide bonds. The van der Waals surface area contributed by atoms with Crippen LogP contribution in [0.3, 0.4) is 0 Å². The van der Waals surface area contributed by atoms with Gasteiger partial charge in [0.25, 0.3) is 0 Å². The molecular weight excluding hydrogens is 386 g/mol. The van der Waals surface area contributed by atoms with E-state index in [9.17, 15) is 4.79 Å². The van der Waals surface area contributed by atoms with E-state index in [-0.39, 0.29) is 17.2 Å². The molecule has 150 valence electrons. The third-order valence-corrected chi connectivity index (χ3v) is 6.13. The summed E-state index contributed by atoms with van der Waals surface area (Å²) in [5.74, 6) is 0.748. The van der Waals surface area contributed by atoms with Crippen molar-refractivity contribution in [1.29, 1.82) is 0 Å². The molecule has 2 atom stereocenters. The maximum absolute atomic E-state index is 12.9. The first kappa shape index (κ1) is 19.4. The fourth-order valence-corrected chi connectivity index (χ4v) is 4.36. The van der Waals surface area contributed by atoms with Crippen LogP contribution in [-0.4, -0.2) is 38.5 Å². The number of nitrogens with zero attached hydrogens (tertiary/aromatic N) is 4. The van der Waals surface area contributed by atoms with Crippen LogP contribution in [0.5, 0.6) is 5.75 Å². The molecule has 7 nitrogen and oxygen atoms in total. The van der Waals surface area contributed by atoms with Crippen molar-refractivity contribution in [1.82, 2.24) is 25.5 Å². The zero-order valence-electron chi connectivity index (χ0n) is 16.4. The molecule has 1 aliphatic rings. The van der Waals surface area contributed by atoms with Gasteiger partial charge in [-0.05, 0) is 72.0 Å².